The highest BCUT2D eigenvalue weighted by Gasteiger charge is 2.15. The van der Waals surface area contributed by atoms with Gasteiger partial charge in [-0.25, -0.2) is 0 Å². The average Bonchev–Trinajstić information content (AvgIpc) is 2.49. The highest BCUT2D eigenvalue weighted by Crippen LogP contribution is 2.23. The van der Waals surface area contributed by atoms with Crippen LogP contribution in [0.25, 0.3) is 0 Å². The maximum atomic E-state index is 12.3. The van der Waals surface area contributed by atoms with Gasteiger partial charge in [0.15, 0.2) is 0 Å². The first-order chi connectivity index (χ1) is 10.0. The summed E-state index contributed by atoms with van der Waals surface area (Å²) in [5, 5.41) is 3.36. The molecular formula is C16H15BrClNO2. The second-order valence-electron chi connectivity index (χ2n) is 4.60. The van der Waals surface area contributed by atoms with Crippen molar-refractivity contribution >= 4 is 33.4 Å². The Labute approximate surface area is 137 Å². The summed E-state index contributed by atoms with van der Waals surface area (Å²) in [5.74, 6) is 0.547. The lowest BCUT2D eigenvalue weighted by Gasteiger charge is -2.16. The zero-order chi connectivity index (χ0) is 15.4. The molecule has 2 aromatic rings. The van der Waals surface area contributed by atoms with Crippen molar-refractivity contribution in [2.75, 3.05) is 7.11 Å². The van der Waals surface area contributed by atoms with Crippen molar-refractivity contribution in [3.8, 4) is 5.75 Å². The van der Waals surface area contributed by atoms with E-state index in [1.54, 1.807) is 25.3 Å². The first kappa shape index (κ1) is 15.9. The Hall–Kier alpha value is -1.52. The first-order valence-electron chi connectivity index (χ1n) is 6.41. The Kier molecular flexibility index (Phi) is 5.26. The van der Waals surface area contributed by atoms with Crippen LogP contribution in [0.15, 0.2) is 46.9 Å². The molecule has 0 bridgehead atoms. The molecule has 0 fully saturated rings. The molecule has 0 aliphatic carbocycles. The first-order valence-corrected chi connectivity index (χ1v) is 7.58. The van der Waals surface area contributed by atoms with E-state index >= 15 is 0 Å². The lowest BCUT2D eigenvalue weighted by Crippen LogP contribution is -2.26. The summed E-state index contributed by atoms with van der Waals surface area (Å²) in [6.45, 7) is 1.92. The minimum absolute atomic E-state index is 0.150. The number of nitrogens with one attached hydrogen (secondary N) is 1. The van der Waals surface area contributed by atoms with Gasteiger partial charge in [0.05, 0.1) is 23.7 Å². The summed E-state index contributed by atoms with van der Waals surface area (Å²) in [7, 11) is 1.61. The number of halogens is 2. The van der Waals surface area contributed by atoms with E-state index in [1.807, 2.05) is 31.2 Å². The van der Waals surface area contributed by atoms with Gasteiger partial charge in [-0.15, -0.1) is 0 Å². The van der Waals surface area contributed by atoms with E-state index < -0.39 is 0 Å². The number of carbonyl (C=O) groups is 1. The van der Waals surface area contributed by atoms with E-state index in [1.165, 1.54) is 0 Å². The van der Waals surface area contributed by atoms with Gasteiger partial charge in [-0.05, 0) is 42.8 Å². The standard InChI is InChI=1S/C16H15BrClNO2/c1-10(11-4-3-5-13(8-11)21-2)19-16(20)14-9-12(17)6-7-15(14)18/h3-10H,1-2H3,(H,19,20). The Balaban J connectivity index is 2.16. The molecule has 1 amide bonds. The van der Waals surface area contributed by atoms with E-state index in [0.29, 0.717) is 10.6 Å². The van der Waals surface area contributed by atoms with E-state index in [4.69, 9.17) is 16.3 Å². The van der Waals surface area contributed by atoms with Crippen LogP contribution < -0.4 is 10.1 Å². The fraction of sp³-hybridized carbons (Fsp3) is 0.188. The summed E-state index contributed by atoms with van der Waals surface area (Å²) in [6, 6.07) is 12.6. The third-order valence-electron chi connectivity index (χ3n) is 3.11. The second kappa shape index (κ2) is 6.96. The van der Waals surface area contributed by atoms with Crippen molar-refractivity contribution in [2.24, 2.45) is 0 Å². The lowest BCUT2D eigenvalue weighted by molar-refractivity contribution is 0.0940. The molecule has 5 heteroatoms. The summed E-state index contributed by atoms with van der Waals surface area (Å²) in [5.41, 5.74) is 1.41. The second-order valence-corrected chi connectivity index (χ2v) is 5.92. The predicted octanol–water partition coefficient (Wildman–Crippen LogP) is 4.60. The van der Waals surface area contributed by atoms with Crippen LogP contribution in [0.3, 0.4) is 0 Å². The molecule has 1 unspecified atom stereocenters. The van der Waals surface area contributed by atoms with Crippen molar-refractivity contribution in [3.63, 3.8) is 0 Å². The molecule has 0 saturated heterocycles. The van der Waals surface area contributed by atoms with E-state index in [2.05, 4.69) is 21.2 Å². The van der Waals surface area contributed by atoms with E-state index in [9.17, 15) is 4.79 Å². The molecule has 0 heterocycles. The maximum Gasteiger partial charge on any atom is 0.253 e. The topological polar surface area (TPSA) is 38.3 Å². The predicted molar refractivity (Wildman–Crippen MR) is 88.0 cm³/mol. The van der Waals surface area contributed by atoms with Gasteiger partial charge in [-0.2, -0.15) is 0 Å². The highest BCUT2D eigenvalue weighted by molar-refractivity contribution is 9.10. The van der Waals surface area contributed by atoms with E-state index in [0.717, 1.165) is 15.8 Å². The molecule has 2 aromatic carbocycles. The van der Waals surface area contributed by atoms with Gasteiger partial charge in [-0.3, -0.25) is 4.79 Å². The van der Waals surface area contributed by atoms with Crippen LogP contribution >= 0.6 is 27.5 Å². The Morgan fingerprint density at radius 3 is 2.76 bits per heavy atom. The Bertz CT molecular complexity index is 660. The lowest BCUT2D eigenvalue weighted by atomic mass is 10.1. The summed E-state index contributed by atoms with van der Waals surface area (Å²) >= 11 is 9.41. The number of hydrogen-bond donors (Lipinski definition) is 1. The molecule has 0 spiro atoms. The molecule has 1 atom stereocenters. The molecule has 3 nitrogen and oxygen atoms in total. The number of amides is 1. The van der Waals surface area contributed by atoms with Crippen LogP contribution in [-0.2, 0) is 0 Å². The van der Waals surface area contributed by atoms with E-state index in [-0.39, 0.29) is 11.9 Å². The number of rotatable bonds is 4. The molecule has 0 aliphatic heterocycles. The van der Waals surface area contributed by atoms with Crippen LogP contribution in [0.4, 0.5) is 0 Å². The summed E-state index contributed by atoms with van der Waals surface area (Å²) in [6.07, 6.45) is 0. The number of methoxy groups -OCH3 is 1. The number of carbonyl (C=O) groups excluding carboxylic acids is 1. The van der Waals surface area contributed by atoms with Gasteiger partial charge in [0.1, 0.15) is 5.75 Å². The monoisotopic (exact) mass is 367 g/mol. The van der Waals surface area contributed by atoms with Crippen LogP contribution in [0, 0.1) is 0 Å². The van der Waals surface area contributed by atoms with Gasteiger partial charge in [0.25, 0.3) is 5.91 Å². The molecule has 0 aliphatic rings. The third-order valence-corrected chi connectivity index (χ3v) is 3.94. The van der Waals surface area contributed by atoms with Gasteiger partial charge < -0.3 is 10.1 Å². The highest BCUT2D eigenvalue weighted by atomic mass is 79.9. The van der Waals surface area contributed by atoms with Crippen LogP contribution in [0.2, 0.25) is 5.02 Å². The third kappa shape index (κ3) is 3.99. The van der Waals surface area contributed by atoms with Crippen molar-refractivity contribution in [3.05, 3.63) is 63.1 Å². The minimum Gasteiger partial charge on any atom is -0.497 e. The van der Waals surface area contributed by atoms with Crippen molar-refractivity contribution in [1.82, 2.24) is 5.32 Å². The molecular weight excluding hydrogens is 354 g/mol. The smallest absolute Gasteiger partial charge is 0.253 e. The largest absolute Gasteiger partial charge is 0.497 e. The van der Waals surface area contributed by atoms with Gasteiger partial charge in [-0.1, -0.05) is 39.7 Å². The number of ether oxygens (including phenoxy) is 1. The molecule has 0 saturated carbocycles. The zero-order valence-electron chi connectivity index (χ0n) is 11.7. The quantitative estimate of drug-likeness (QED) is 0.856. The molecule has 2 rings (SSSR count). The average molecular weight is 369 g/mol. The van der Waals surface area contributed by atoms with Gasteiger partial charge in [0, 0.05) is 4.47 Å². The van der Waals surface area contributed by atoms with Crippen molar-refractivity contribution < 1.29 is 9.53 Å². The summed E-state index contributed by atoms with van der Waals surface area (Å²) in [4.78, 5) is 12.3. The minimum atomic E-state index is -0.211. The van der Waals surface area contributed by atoms with Crippen LogP contribution in [0.5, 0.6) is 5.75 Å². The van der Waals surface area contributed by atoms with Crippen molar-refractivity contribution in [2.45, 2.75) is 13.0 Å². The van der Waals surface area contributed by atoms with Gasteiger partial charge in [0.2, 0.25) is 0 Å². The SMILES string of the molecule is COc1cccc(C(C)NC(=O)c2cc(Br)ccc2Cl)c1. The zero-order valence-corrected chi connectivity index (χ0v) is 14.0. The molecule has 0 aromatic heterocycles. The molecule has 0 radical (unpaired) electrons. The fourth-order valence-corrected chi connectivity index (χ4v) is 2.50. The molecule has 1 N–H and O–H groups in total. The van der Waals surface area contributed by atoms with Crippen molar-refractivity contribution in [1.29, 1.82) is 0 Å². The normalized spacial score (nSPS) is 11.8. The van der Waals surface area contributed by atoms with Crippen LogP contribution in [-0.4, -0.2) is 13.0 Å². The van der Waals surface area contributed by atoms with Crippen LogP contribution in [0.1, 0.15) is 28.9 Å². The fourth-order valence-electron chi connectivity index (χ4n) is 1.94. The number of hydrogen-bond acceptors (Lipinski definition) is 2. The molecule has 110 valence electrons. The summed E-state index contributed by atoms with van der Waals surface area (Å²) < 4.78 is 6.00. The van der Waals surface area contributed by atoms with Gasteiger partial charge >= 0.3 is 0 Å². The Morgan fingerprint density at radius 2 is 2.05 bits per heavy atom. The number of benzene rings is 2. The Morgan fingerprint density at radius 1 is 1.29 bits per heavy atom. The molecule has 21 heavy (non-hydrogen) atoms. The maximum absolute atomic E-state index is 12.3.